The van der Waals surface area contributed by atoms with E-state index in [-0.39, 0.29) is 31.1 Å². The van der Waals surface area contributed by atoms with Crippen LogP contribution < -0.4 is 0 Å². The number of esters is 3. The summed E-state index contributed by atoms with van der Waals surface area (Å²) >= 11 is 0. The lowest BCUT2D eigenvalue weighted by molar-refractivity contribution is -0.167. The summed E-state index contributed by atoms with van der Waals surface area (Å²) in [6.45, 7) is 6.65. The van der Waals surface area contributed by atoms with Crippen LogP contribution in [-0.2, 0) is 28.6 Å². The zero-order chi connectivity index (χ0) is 59.2. The van der Waals surface area contributed by atoms with Crippen LogP contribution in [0.25, 0.3) is 0 Å². The fourth-order valence-corrected chi connectivity index (χ4v) is 11.6. The van der Waals surface area contributed by atoms with E-state index in [1.165, 1.54) is 315 Å². The molecule has 0 heterocycles. The fourth-order valence-electron chi connectivity index (χ4n) is 11.6. The van der Waals surface area contributed by atoms with E-state index in [1.807, 2.05) is 0 Å². The molecule has 0 amide bonds. The minimum Gasteiger partial charge on any atom is -0.462 e. The average Bonchev–Trinajstić information content (AvgIpc) is 3.47. The Morgan fingerprint density at radius 3 is 0.659 bits per heavy atom. The smallest absolute Gasteiger partial charge is 0.306 e. The van der Waals surface area contributed by atoms with Crippen molar-refractivity contribution in [1.29, 1.82) is 0 Å². The third kappa shape index (κ3) is 68.7. The number of carbonyl (C=O) groups excluding carboxylic acids is 3. The third-order valence-electron chi connectivity index (χ3n) is 17.2. The normalized spacial score (nSPS) is 12.1. The van der Waals surface area contributed by atoms with Gasteiger partial charge in [0.2, 0.25) is 0 Å². The first-order valence-electron chi connectivity index (χ1n) is 37.3. The molecule has 0 saturated carbocycles. The van der Waals surface area contributed by atoms with Crippen LogP contribution in [0.3, 0.4) is 0 Å². The van der Waals surface area contributed by atoms with Gasteiger partial charge in [0.1, 0.15) is 13.2 Å². The molecule has 0 fully saturated rings. The SMILES string of the molecule is CCC/C=C\CCCCCCCC(=O)OCC(COC(=O)CCCCCCCCCCCCCCCCCCCCCCCCC/C=C\CCCCCCCCCC)OC(=O)CCCCCCCCCCCCCCCCCCCCC. The standard InChI is InChI=1S/C76H144O6/c1-4-7-10-13-16-19-22-24-26-28-30-31-32-33-34-35-36-37-38-39-40-41-42-43-44-45-47-48-50-52-54-57-60-63-66-69-75(78)81-72-73(71-80-74(77)68-65-62-59-56-21-18-15-12-9-6-3)82-76(79)70-67-64-61-58-55-53-51-49-46-29-27-25-23-20-17-14-11-8-5-2/h12,15,28,30,73H,4-11,13-14,16-27,29,31-72H2,1-3H3/b15-12-,30-28-. The van der Waals surface area contributed by atoms with Gasteiger partial charge in [-0.1, -0.05) is 366 Å². The van der Waals surface area contributed by atoms with Crippen molar-refractivity contribution in [3.63, 3.8) is 0 Å². The van der Waals surface area contributed by atoms with Gasteiger partial charge in [-0.25, -0.2) is 0 Å². The molecule has 6 heteroatoms. The van der Waals surface area contributed by atoms with E-state index < -0.39 is 6.10 Å². The Morgan fingerprint density at radius 1 is 0.232 bits per heavy atom. The lowest BCUT2D eigenvalue weighted by atomic mass is 10.0. The van der Waals surface area contributed by atoms with Crippen LogP contribution in [0.15, 0.2) is 24.3 Å². The highest BCUT2D eigenvalue weighted by molar-refractivity contribution is 5.71. The maximum Gasteiger partial charge on any atom is 0.306 e. The van der Waals surface area contributed by atoms with Crippen molar-refractivity contribution < 1.29 is 28.6 Å². The van der Waals surface area contributed by atoms with E-state index in [4.69, 9.17) is 14.2 Å². The number of allylic oxidation sites excluding steroid dienone is 4. The van der Waals surface area contributed by atoms with Gasteiger partial charge in [0.05, 0.1) is 0 Å². The van der Waals surface area contributed by atoms with E-state index in [0.717, 1.165) is 70.6 Å². The lowest BCUT2D eigenvalue weighted by Crippen LogP contribution is -2.30. The predicted molar refractivity (Wildman–Crippen MR) is 358 cm³/mol. The fraction of sp³-hybridized carbons (Fsp3) is 0.908. The van der Waals surface area contributed by atoms with Crippen molar-refractivity contribution in [1.82, 2.24) is 0 Å². The highest BCUT2D eigenvalue weighted by Crippen LogP contribution is 2.19. The Kier molecular flexibility index (Phi) is 69.5. The second-order valence-corrected chi connectivity index (χ2v) is 25.6. The van der Waals surface area contributed by atoms with Crippen LogP contribution in [-0.4, -0.2) is 37.2 Å². The maximum atomic E-state index is 12.9. The van der Waals surface area contributed by atoms with Gasteiger partial charge in [0.15, 0.2) is 6.10 Å². The molecule has 0 aromatic rings. The molecule has 0 saturated heterocycles. The summed E-state index contributed by atoms with van der Waals surface area (Å²) in [5, 5.41) is 0. The molecule has 1 unspecified atom stereocenters. The molecule has 0 aliphatic heterocycles. The van der Waals surface area contributed by atoms with Gasteiger partial charge in [-0.05, 0) is 64.2 Å². The van der Waals surface area contributed by atoms with Crippen LogP contribution in [0.4, 0.5) is 0 Å². The van der Waals surface area contributed by atoms with E-state index >= 15 is 0 Å². The zero-order valence-electron chi connectivity index (χ0n) is 55.8. The van der Waals surface area contributed by atoms with Crippen molar-refractivity contribution in [2.75, 3.05) is 13.2 Å². The van der Waals surface area contributed by atoms with E-state index in [9.17, 15) is 14.4 Å². The topological polar surface area (TPSA) is 78.9 Å². The molecule has 484 valence electrons. The molecule has 1 atom stereocenters. The Labute approximate surface area is 513 Å². The number of unbranched alkanes of at least 4 members (excludes halogenated alkanes) is 55. The summed E-state index contributed by atoms with van der Waals surface area (Å²) in [5.41, 5.74) is 0. The molecule has 0 aromatic heterocycles. The second-order valence-electron chi connectivity index (χ2n) is 25.6. The monoisotopic (exact) mass is 1150 g/mol. The predicted octanol–water partition coefficient (Wildman–Crippen LogP) is 25.7. The largest absolute Gasteiger partial charge is 0.462 e. The molecule has 82 heavy (non-hydrogen) atoms. The summed E-state index contributed by atoms with van der Waals surface area (Å²) in [4.78, 5) is 38.3. The molecular formula is C76H144O6. The first-order valence-corrected chi connectivity index (χ1v) is 37.3. The number of hydrogen-bond acceptors (Lipinski definition) is 6. The molecule has 0 aliphatic carbocycles. The van der Waals surface area contributed by atoms with Gasteiger partial charge in [0, 0.05) is 19.3 Å². The minimum absolute atomic E-state index is 0.0672. The minimum atomic E-state index is -0.770. The van der Waals surface area contributed by atoms with Gasteiger partial charge < -0.3 is 14.2 Å². The summed E-state index contributed by atoms with van der Waals surface area (Å²) in [6.07, 6.45) is 88.3. The lowest BCUT2D eigenvalue weighted by Gasteiger charge is -2.18. The molecule has 0 aromatic carbocycles. The molecule has 0 rings (SSSR count). The highest BCUT2D eigenvalue weighted by Gasteiger charge is 2.20. The Balaban J connectivity index is 4.00. The summed E-state index contributed by atoms with van der Waals surface area (Å²) in [5.74, 6) is -0.847. The third-order valence-corrected chi connectivity index (χ3v) is 17.2. The van der Waals surface area contributed by atoms with Crippen molar-refractivity contribution in [2.45, 2.75) is 431 Å². The molecule has 0 bridgehead atoms. The van der Waals surface area contributed by atoms with Gasteiger partial charge in [-0.2, -0.15) is 0 Å². The molecule has 6 nitrogen and oxygen atoms in total. The van der Waals surface area contributed by atoms with Gasteiger partial charge in [-0.15, -0.1) is 0 Å². The second kappa shape index (κ2) is 71.4. The first-order chi connectivity index (χ1) is 40.5. The number of hydrogen-bond donors (Lipinski definition) is 0. The van der Waals surface area contributed by atoms with Crippen LogP contribution in [0.2, 0.25) is 0 Å². The Hall–Kier alpha value is -2.11. The van der Waals surface area contributed by atoms with Crippen molar-refractivity contribution >= 4 is 17.9 Å². The number of rotatable bonds is 70. The van der Waals surface area contributed by atoms with E-state index in [2.05, 4.69) is 45.1 Å². The van der Waals surface area contributed by atoms with Crippen molar-refractivity contribution in [3.05, 3.63) is 24.3 Å². The maximum absolute atomic E-state index is 12.9. The van der Waals surface area contributed by atoms with Crippen LogP contribution in [0.5, 0.6) is 0 Å². The number of carbonyl (C=O) groups is 3. The summed E-state index contributed by atoms with van der Waals surface area (Å²) < 4.78 is 17.0. The molecule has 0 radical (unpaired) electrons. The molecular weight excluding hydrogens is 1010 g/mol. The summed E-state index contributed by atoms with van der Waals surface area (Å²) in [7, 11) is 0. The van der Waals surface area contributed by atoms with Crippen LogP contribution in [0, 0.1) is 0 Å². The average molecular weight is 1150 g/mol. The highest BCUT2D eigenvalue weighted by atomic mass is 16.6. The molecule has 0 spiro atoms. The van der Waals surface area contributed by atoms with Gasteiger partial charge >= 0.3 is 17.9 Å². The quantitative estimate of drug-likeness (QED) is 0.0261. The molecule has 0 N–H and O–H groups in total. The Bertz CT molecular complexity index is 1320. The van der Waals surface area contributed by atoms with Crippen molar-refractivity contribution in [2.24, 2.45) is 0 Å². The zero-order valence-corrected chi connectivity index (χ0v) is 55.8. The van der Waals surface area contributed by atoms with Gasteiger partial charge in [0.25, 0.3) is 0 Å². The first kappa shape index (κ1) is 79.9. The van der Waals surface area contributed by atoms with Crippen LogP contribution >= 0.6 is 0 Å². The number of ether oxygens (including phenoxy) is 3. The summed E-state index contributed by atoms with van der Waals surface area (Å²) in [6, 6.07) is 0. The van der Waals surface area contributed by atoms with Gasteiger partial charge in [-0.3, -0.25) is 14.4 Å². The van der Waals surface area contributed by atoms with E-state index in [1.54, 1.807) is 0 Å². The van der Waals surface area contributed by atoms with Crippen molar-refractivity contribution in [3.8, 4) is 0 Å². The Morgan fingerprint density at radius 2 is 0.427 bits per heavy atom. The molecule has 0 aliphatic rings. The van der Waals surface area contributed by atoms with Crippen LogP contribution in [0.1, 0.15) is 425 Å². The van der Waals surface area contributed by atoms with E-state index in [0.29, 0.717) is 19.3 Å².